The van der Waals surface area contributed by atoms with E-state index in [1.54, 1.807) is 5.51 Å². The molecular formula is C15H23N3O2S. The van der Waals surface area contributed by atoms with Gasteiger partial charge in [-0.3, -0.25) is 9.69 Å². The van der Waals surface area contributed by atoms with Gasteiger partial charge < -0.3 is 9.64 Å². The largest absolute Gasteiger partial charge is 0.376 e. The molecule has 3 rings (SSSR count). The minimum Gasteiger partial charge on any atom is -0.376 e. The van der Waals surface area contributed by atoms with Gasteiger partial charge in [0.25, 0.3) is 5.91 Å². The third-order valence-corrected chi connectivity index (χ3v) is 5.40. The van der Waals surface area contributed by atoms with Crippen molar-refractivity contribution >= 4 is 17.2 Å². The van der Waals surface area contributed by atoms with Crippen LogP contribution >= 0.6 is 11.3 Å². The lowest BCUT2D eigenvalue weighted by atomic mass is 10.0. The van der Waals surface area contributed by atoms with Crippen LogP contribution < -0.4 is 0 Å². The minimum absolute atomic E-state index is 0.156. The van der Waals surface area contributed by atoms with Crippen LogP contribution in [0.2, 0.25) is 0 Å². The molecule has 0 radical (unpaired) electrons. The average Bonchev–Trinajstić information content (AvgIpc) is 2.93. The van der Waals surface area contributed by atoms with Crippen molar-refractivity contribution in [1.82, 2.24) is 14.8 Å². The number of morpholine rings is 1. The molecule has 0 aromatic carbocycles. The molecule has 0 spiro atoms. The lowest BCUT2D eigenvalue weighted by Gasteiger charge is -2.41. The number of hydrogen-bond donors (Lipinski definition) is 0. The van der Waals surface area contributed by atoms with Crippen molar-refractivity contribution in [2.75, 3.05) is 32.8 Å². The molecular weight excluding hydrogens is 286 g/mol. The first-order valence-electron chi connectivity index (χ1n) is 7.70. The van der Waals surface area contributed by atoms with Gasteiger partial charge in [0.1, 0.15) is 4.88 Å². The summed E-state index contributed by atoms with van der Waals surface area (Å²) in [5, 5.41) is 0. The van der Waals surface area contributed by atoms with Gasteiger partial charge in [-0.2, -0.15) is 0 Å². The second kappa shape index (κ2) is 6.42. The molecule has 0 bridgehead atoms. The maximum Gasteiger partial charge on any atom is 0.265 e. The van der Waals surface area contributed by atoms with E-state index in [4.69, 9.17) is 4.74 Å². The third-order valence-electron chi connectivity index (χ3n) is 4.48. The number of rotatable bonds is 2. The summed E-state index contributed by atoms with van der Waals surface area (Å²) in [5.41, 5.74) is 2.61. The zero-order valence-electron chi connectivity index (χ0n) is 12.7. The van der Waals surface area contributed by atoms with Gasteiger partial charge in [-0.1, -0.05) is 0 Å². The van der Waals surface area contributed by atoms with Gasteiger partial charge in [0.05, 0.1) is 23.9 Å². The highest BCUT2D eigenvalue weighted by molar-refractivity contribution is 7.11. The zero-order valence-corrected chi connectivity index (χ0v) is 13.6. The highest BCUT2D eigenvalue weighted by atomic mass is 32.1. The second-order valence-electron chi connectivity index (χ2n) is 5.97. The summed E-state index contributed by atoms with van der Waals surface area (Å²) < 4.78 is 5.61. The Morgan fingerprint density at radius 2 is 2.14 bits per heavy atom. The summed E-state index contributed by atoms with van der Waals surface area (Å²) in [6.07, 6.45) is 2.46. The number of carbonyl (C=O) groups excluding carboxylic acids is 1. The summed E-state index contributed by atoms with van der Waals surface area (Å²) in [5.74, 6) is 0.156. The van der Waals surface area contributed by atoms with E-state index in [1.807, 2.05) is 11.8 Å². The van der Waals surface area contributed by atoms with Crippen LogP contribution in [0.25, 0.3) is 0 Å². The SMILES string of the molecule is Cc1ncsc1C(=O)N1CCC(N2CCOC(C)C2)CC1. The molecule has 1 unspecified atom stereocenters. The molecule has 0 saturated carbocycles. The molecule has 1 aromatic heterocycles. The van der Waals surface area contributed by atoms with Gasteiger partial charge >= 0.3 is 0 Å². The Morgan fingerprint density at radius 3 is 2.76 bits per heavy atom. The predicted molar refractivity (Wildman–Crippen MR) is 82.8 cm³/mol. The first-order chi connectivity index (χ1) is 10.1. The Bertz CT molecular complexity index is 497. The average molecular weight is 309 g/mol. The number of hydrogen-bond acceptors (Lipinski definition) is 5. The number of aromatic nitrogens is 1. The zero-order chi connectivity index (χ0) is 14.8. The van der Waals surface area contributed by atoms with Crippen molar-refractivity contribution < 1.29 is 9.53 Å². The molecule has 1 atom stereocenters. The monoisotopic (exact) mass is 309 g/mol. The van der Waals surface area contributed by atoms with E-state index < -0.39 is 0 Å². The molecule has 0 aliphatic carbocycles. The summed E-state index contributed by atoms with van der Waals surface area (Å²) in [7, 11) is 0. The standard InChI is InChI=1S/C15H23N3O2S/c1-11-9-18(7-8-20-11)13-3-5-17(6-4-13)15(19)14-12(2)16-10-21-14/h10-11,13H,3-9H2,1-2H3. The fourth-order valence-electron chi connectivity index (χ4n) is 3.26. The van der Waals surface area contributed by atoms with Gasteiger partial charge in [-0.15, -0.1) is 11.3 Å². The van der Waals surface area contributed by atoms with E-state index in [-0.39, 0.29) is 5.91 Å². The normalized spacial score (nSPS) is 25.2. The number of amides is 1. The van der Waals surface area contributed by atoms with E-state index in [9.17, 15) is 4.79 Å². The number of thiazole rings is 1. The van der Waals surface area contributed by atoms with Gasteiger partial charge in [-0.05, 0) is 26.7 Å². The number of nitrogens with zero attached hydrogens (tertiary/aromatic N) is 3. The minimum atomic E-state index is 0.156. The van der Waals surface area contributed by atoms with Crippen LogP contribution in [0, 0.1) is 6.92 Å². The summed E-state index contributed by atoms with van der Waals surface area (Å²) in [4.78, 5) is 22.0. The summed E-state index contributed by atoms with van der Waals surface area (Å²) in [6.45, 7) is 8.63. The maximum absolute atomic E-state index is 12.5. The fraction of sp³-hybridized carbons (Fsp3) is 0.733. The molecule has 21 heavy (non-hydrogen) atoms. The van der Waals surface area contributed by atoms with Crippen LogP contribution in [-0.2, 0) is 4.74 Å². The lowest BCUT2D eigenvalue weighted by Crippen LogP contribution is -2.51. The van der Waals surface area contributed by atoms with Crippen molar-refractivity contribution in [3.05, 3.63) is 16.1 Å². The molecule has 2 saturated heterocycles. The molecule has 116 valence electrons. The molecule has 5 nitrogen and oxygen atoms in total. The van der Waals surface area contributed by atoms with E-state index >= 15 is 0 Å². The smallest absolute Gasteiger partial charge is 0.265 e. The molecule has 3 heterocycles. The highest BCUT2D eigenvalue weighted by Gasteiger charge is 2.30. The van der Waals surface area contributed by atoms with Gasteiger partial charge in [-0.25, -0.2) is 4.98 Å². The number of carbonyl (C=O) groups is 1. The maximum atomic E-state index is 12.5. The van der Waals surface area contributed by atoms with Crippen LogP contribution in [0.5, 0.6) is 0 Å². The van der Waals surface area contributed by atoms with Crippen LogP contribution in [-0.4, -0.2) is 65.6 Å². The Hall–Kier alpha value is -0.980. The Labute approximate surface area is 129 Å². The number of ether oxygens (including phenoxy) is 1. The van der Waals surface area contributed by atoms with E-state index in [2.05, 4.69) is 16.8 Å². The topological polar surface area (TPSA) is 45.7 Å². The van der Waals surface area contributed by atoms with E-state index in [0.717, 1.165) is 56.2 Å². The van der Waals surface area contributed by atoms with Crippen LogP contribution in [0.4, 0.5) is 0 Å². The van der Waals surface area contributed by atoms with Crippen molar-refractivity contribution in [2.24, 2.45) is 0 Å². The third kappa shape index (κ3) is 3.27. The quantitative estimate of drug-likeness (QED) is 0.835. The molecule has 6 heteroatoms. The highest BCUT2D eigenvalue weighted by Crippen LogP contribution is 2.22. The van der Waals surface area contributed by atoms with Gasteiger partial charge in [0.15, 0.2) is 0 Å². The van der Waals surface area contributed by atoms with Crippen molar-refractivity contribution in [2.45, 2.75) is 38.8 Å². The molecule has 2 fully saturated rings. The van der Waals surface area contributed by atoms with E-state index in [1.165, 1.54) is 11.3 Å². The number of piperidine rings is 1. The lowest BCUT2D eigenvalue weighted by molar-refractivity contribution is -0.0423. The predicted octanol–water partition coefficient (Wildman–Crippen LogP) is 1.78. The molecule has 2 aliphatic heterocycles. The Kier molecular flexibility index (Phi) is 4.57. The Balaban J connectivity index is 1.55. The Morgan fingerprint density at radius 1 is 1.38 bits per heavy atom. The summed E-state index contributed by atoms with van der Waals surface area (Å²) in [6, 6.07) is 0.600. The second-order valence-corrected chi connectivity index (χ2v) is 6.82. The van der Waals surface area contributed by atoms with Gasteiger partial charge in [0.2, 0.25) is 0 Å². The molecule has 1 amide bonds. The van der Waals surface area contributed by atoms with Crippen LogP contribution in [0.3, 0.4) is 0 Å². The number of likely N-dealkylation sites (tertiary alicyclic amines) is 1. The van der Waals surface area contributed by atoms with E-state index in [0.29, 0.717) is 12.1 Å². The van der Waals surface area contributed by atoms with Crippen molar-refractivity contribution in [3.8, 4) is 0 Å². The first kappa shape index (κ1) is 14.9. The fourth-order valence-corrected chi connectivity index (χ4v) is 4.03. The van der Waals surface area contributed by atoms with Gasteiger partial charge in [0, 0.05) is 32.2 Å². The molecule has 0 N–H and O–H groups in total. The number of aryl methyl sites for hydroxylation is 1. The molecule has 1 aromatic rings. The van der Waals surface area contributed by atoms with Crippen molar-refractivity contribution in [1.29, 1.82) is 0 Å². The van der Waals surface area contributed by atoms with Crippen LogP contribution in [0.15, 0.2) is 5.51 Å². The summed E-state index contributed by atoms with van der Waals surface area (Å²) >= 11 is 1.45. The molecule has 2 aliphatic rings. The first-order valence-corrected chi connectivity index (χ1v) is 8.58. The van der Waals surface area contributed by atoms with Crippen LogP contribution in [0.1, 0.15) is 35.1 Å². The van der Waals surface area contributed by atoms with Crippen molar-refractivity contribution in [3.63, 3.8) is 0 Å².